The molecule has 0 heterocycles. The highest BCUT2D eigenvalue weighted by Gasteiger charge is 2.27. The van der Waals surface area contributed by atoms with Crippen LogP contribution in [0.15, 0.2) is 48.6 Å². The van der Waals surface area contributed by atoms with E-state index in [0.717, 1.165) is 70.6 Å². The fourth-order valence-electron chi connectivity index (χ4n) is 10.0. The van der Waals surface area contributed by atoms with E-state index in [0.29, 0.717) is 17.4 Å². The Labute approximate surface area is 490 Å². The van der Waals surface area contributed by atoms with E-state index in [-0.39, 0.29) is 31.5 Å². The molecule has 0 aromatic heterocycles. The number of quaternary nitrogens is 1. The molecule has 3 unspecified atom stereocenters. The second-order valence-corrected chi connectivity index (χ2v) is 25.7. The number of hydrogen-bond acceptors (Lipinski definition) is 7. The summed E-state index contributed by atoms with van der Waals surface area (Å²) in [6.07, 6.45) is 73.7. The van der Waals surface area contributed by atoms with Crippen molar-refractivity contribution in [3.8, 4) is 0 Å². The lowest BCUT2D eigenvalue weighted by atomic mass is 10.0. The van der Waals surface area contributed by atoms with Crippen LogP contribution in [0.1, 0.15) is 329 Å². The number of allylic oxidation sites excluding steroid dienone is 7. The van der Waals surface area contributed by atoms with Gasteiger partial charge in [-0.25, -0.2) is 0 Å². The van der Waals surface area contributed by atoms with Crippen molar-refractivity contribution in [1.82, 2.24) is 5.32 Å². The van der Waals surface area contributed by atoms with E-state index in [4.69, 9.17) is 13.8 Å². The van der Waals surface area contributed by atoms with Gasteiger partial charge in [0.2, 0.25) is 5.91 Å². The van der Waals surface area contributed by atoms with Gasteiger partial charge in [0.15, 0.2) is 0 Å². The van der Waals surface area contributed by atoms with Crippen molar-refractivity contribution >= 4 is 19.7 Å². The third kappa shape index (κ3) is 60.4. The number of nitrogens with zero attached hydrogens (tertiary/aromatic N) is 1. The molecule has 0 aliphatic rings. The fourth-order valence-corrected chi connectivity index (χ4v) is 10.7. The maximum Gasteiger partial charge on any atom is 0.306 e. The van der Waals surface area contributed by atoms with Crippen molar-refractivity contribution in [2.75, 3.05) is 40.9 Å². The quantitative estimate of drug-likeness (QED) is 0.0212. The molecule has 0 spiro atoms. The molecule has 0 aromatic rings. The first-order valence-electron chi connectivity index (χ1n) is 33.9. The van der Waals surface area contributed by atoms with Gasteiger partial charge >= 0.3 is 5.97 Å². The molecule has 0 aliphatic carbocycles. The van der Waals surface area contributed by atoms with E-state index in [9.17, 15) is 19.0 Å². The molecule has 0 rings (SSSR count). The highest BCUT2D eigenvalue weighted by atomic mass is 31.2. The van der Waals surface area contributed by atoms with Gasteiger partial charge in [0, 0.05) is 12.8 Å². The molecule has 0 aromatic carbocycles. The van der Waals surface area contributed by atoms with Gasteiger partial charge < -0.3 is 28.5 Å². The smallest absolute Gasteiger partial charge is 0.306 e. The number of amides is 1. The van der Waals surface area contributed by atoms with Crippen LogP contribution >= 0.6 is 7.82 Å². The highest BCUT2D eigenvalue weighted by molar-refractivity contribution is 7.45. The molecule has 0 bridgehead atoms. The van der Waals surface area contributed by atoms with Gasteiger partial charge in [-0.2, -0.15) is 0 Å². The molecule has 0 fully saturated rings. The van der Waals surface area contributed by atoms with Crippen LogP contribution in [0.4, 0.5) is 0 Å². The molecule has 0 aliphatic heterocycles. The van der Waals surface area contributed by atoms with Gasteiger partial charge in [-0.1, -0.05) is 294 Å². The Bertz CT molecular complexity index is 1490. The number of phosphoric ester groups is 1. The first-order valence-corrected chi connectivity index (χ1v) is 35.4. The third-order valence-electron chi connectivity index (χ3n) is 15.3. The molecule has 1 amide bonds. The van der Waals surface area contributed by atoms with Gasteiger partial charge in [0.25, 0.3) is 7.82 Å². The molecule has 0 radical (unpaired) electrons. The van der Waals surface area contributed by atoms with E-state index in [2.05, 4.69) is 62.5 Å². The van der Waals surface area contributed by atoms with Crippen LogP contribution < -0.4 is 10.2 Å². The lowest BCUT2D eigenvalue weighted by Crippen LogP contribution is -2.47. The zero-order chi connectivity index (χ0) is 57.9. The Morgan fingerprint density at radius 3 is 1.18 bits per heavy atom. The molecule has 3 atom stereocenters. The van der Waals surface area contributed by atoms with Crippen LogP contribution in [-0.4, -0.2) is 69.4 Å². The number of unbranched alkanes of at least 4 members (excludes halogenated alkanes) is 40. The summed E-state index contributed by atoms with van der Waals surface area (Å²) < 4.78 is 30.4. The minimum Gasteiger partial charge on any atom is -0.756 e. The standard InChI is InChI=1S/C69H131N2O7P/c1-7-10-13-16-19-22-25-28-30-31-32-33-34-35-36-37-38-39-40-41-42-43-46-49-52-55-58-61-68(72)70-66(65-77-79(74,75)76-64-63-71(4,5)6)67(60-57-54-51-48-45-27-24-21-18-15-12-9-3)78-69(73)62-59-56-53-50-47-44-29-26-23-20-17-14-11-8-2/h19,22,28,30,32-33,57,60,66-67H,7-18,20-21,23-27,29,31,34-56,58-59,61-65H2,1-6H3,(H-,70,72,74,75)/b22-19-,30-28-,33-32-,60-57-. The van der Waals surface area contributed by atoms with Gasteiger partial charge in [0.1, 0.15) is 19.3 Å². The van der Waals surface area contributed by atoms with Crippen LogP contribution in [0.3, 0.4) is 0 Å². The SMILES string of the molecule is CCCCC/C=C\C/C=C\C/C=C\CCCCCCCCCCCCCCCCC(=O)NC(COP(=O)([O-])OCC[N+](C)(C)C)C(/C=C\CCCCCCCCCCCC)OC(=O)CCCCCCCCCCCCCCCC. The van der Waals surface area contributed by atoms with Crippen LogP contribution in [0.25, 0.3) is 0 Å². The number of phosphoric acid groups is 1. The summed E-state index contributed by atoms with van der Waals surface area (Å²) in [5, 5.41) is 3.04. The summed E-state index contributed by atoms with van der Waals surface area (Å²) in [4.78, 5) is 40.1. The second kappa shape index (κ2) is 59.1. The minimum atomic E-state index is -4.70. The summed E-state index contributed by atoms with van der Waals surface area (Å²) in [6, 6.07) is -0.885. The minimum absolute atomic E-state index is 0.0203. The Kier molecular flexibility index (Phi) is 57.6. The molecule has 0 saturated heterocycles. The number of ether oxygens (including phenoxy) is 1. The number of likely N-dealkylation sites (N-methyl/N-ethyl adjacent to an activating group) is 1. The number of nitrogens with one attached hydrogen (secondary N) is 1. The number of esters is 1. The summed E-state index contributed by atoms with van der Waals surface area (Å²) in [5.41, 5.74) is 0. The third-order valence-corrected chi connectivity index (χ3v) is 16.2. The fraction of sp³-hybridized carbons (Fsp3) is 0.855. The monoisotopic (exact) mass is 1130 g/mol. The van der Waals surface area contributed by atoms with Crippen LogP contribution in [-0.2, 0) is 27.9 Å². The van der Waals surface area contributed by atoms with E-state index in [1.54, 1.807) is 0 Å². The van der Waals surface area contributed by atoms with E-state index >= 15 is 0 Å². The lowest BCUT2D eigenvalue weighted by molar-refractivity contribution is -0.870. The predicted molar refractivity (Wildman–Crippen MR) is 339 cm³/mol. The zero-order valence-corrected chi connectivity index (χ0v) is 54.0. The van der Waals surface area contributed by atoms with Crippen molar-refractivity contribution in [2.45, 2.75) is 341 Å². The van der Waals surface area contributed by atoms with Crippen molar-refractivity contribution in [3.63, 3.8) is 0 Å². The first kappa shape index (κ1) is 77.0. The molecule has 0 saturated carbocycles. The molecule has 9 nitrogen and oxygen atoms in total. The summed E-state index contributed by atoms with van der Waals surface area (Å²) >= 11 is 0. The first-order chi connectivity index (χ1) is 38.4. The van der Waals surface area contributed by atoms with Crippen LogP contribution in [0.2, 0.25) is 0 Å². The summed E-state index contributed by atoms with van der Waals surface area (Å²) in [7, 11) is 1.20. The van der Waals surface area contributed by atoms with Crippen LogP contribution in [0.5, 0.6) is 0 Å². The molecule has 79 heavy (non-hydrogen) atoms. The summed E-state index contributed by atoms with van der Waals surface area (Å²) in [6.45, 7) is 6.85. The van der Waals surface area contributed by atoms with E-state index < -0.39 is 20.0 Å². The van der Waals surface area contributed by atoms with Gasteiger partial charge in [-0.3, -0.25) is 14.2 Å². The number of carbonyl (C=O) groups is 2. The van der Waals surface area contributed by atoms with Crippen LogP contribution in [0, 0.1) is 0 Å². The number of carbonyl (C=O) groups excluding carboxylic acids is 2. The van der Waals surface area contributed by atoms with Gasteiger partial charge in [-0.05, 0) is 70.3 Å². The lowest BCUT2D eigenvalue weighted by Gasteiger charge is -2.30. The Morgan fingerprint density at radius 2 is 0.772 bits per heavy atom. The zero-order valence-electron chi connectivity index (χ0n) is 53.1. The number of rotatable bonds is 62. The molecule has 1 N–H and O–H groups in total. The molecular formula is C69H131N2O7P. The van der Waals surface area contributed by atoms with Gasteiger partial charge in [0.05, 0.1) is 33.8 Å². The second-order valence-electron chi connectivity index (χ2n) is 24.3. The molecule has 10 heteroatoms. The van der Waals surface area contributed by atoms with Crippen molar-refractivity contribution in [2.24, 2.45) is 0 Å². The van der Waals surface area contributed by atoms with Gasteiger partial charge in [-0.15, -0.1) is 0 Å². The molecular weight excluding hydrogens is 1000 g/mol. The maximum absolute atomic E-state index is 13.6. The molecule has 464 valence electrons. The summed E-state index contributed by atoms with van der Waals surface area (Å²) in [5.74, 6) is -0.527. The van der Waals surface area contributed by atoms with E-state index in [1.165, 1.54) is 225 Å². The number of hydrogen-bond donors (Lipinski definition) is 1. The predicted octanol–water partition coefficient (Wildman–Crippen LogP) is 20.6. The van der Waals surface area contributed by atoms with Crippen molar-refractivity contribution in [3.05, 3.63) is 48.6 Å². The maximum atomic E-state index is 13.6. The van der Waals surface area contributed by atoms with Crippen molar-refractivity contribution < 1.29 is 37.3 Å². The Morgan fingerprint density at radius 1 is 0.443 bits per heavy atom. The largest absolute Gasteiger partial charge is 0.756 e. The average molecular weight is 1130 g/mol. The average Bonchev–Trinajstić information content (AvgIpc) is 3.41. The Balaban J connectivity index is 5.00. The topological polar surface area (TPSA) is 114 Å². The van der Waals surface area contributed by atoms with Crippen molar-refractivity contribution in [1.29, 1.82) is 0 Å². The Hall–Kier alpha value is -2.03. The highest BCUT2D eigenvalue weighted by Crippen LogP contribution is 2.38. The van der Waals surface area contributed by atoms with E-state index in [1.807, 2.05) is 33.3 Å². The normalized spacial score (nSPS) is 13.9.